The van der Waals surface area contributed by atoms with Crippen molar-refractivity contribution in [3.8, 4) is 5.75 Å². The lowest BCUT2D eigenvalue weighted by Gasteiger charge is -2.16. The van der Waals surface area contributed by atoms with Gasteiger partial charge in [-0.2, -0.15) is 0 Å². The van der Waals surface area contributed by atoms with E-state index in [1.807, 2.05) is 19.1 Å². The highest BCUT2D eigenvalue weighted by Crippen LogP contribution is 2.22. The zero-order chi connectivity index (χ0) is 13.0. The van der Waals surface area contributed by atoms with E-state index in [1.54, 1.807) is 7.11 Å². The first-order valence-electron chi connectivity index (χ1n) is 6.65. The molecule has 1 aliphatic heterocycles. The maximum Gasteiger partial charge on any atom is 0.122 e. The van der Waals surface area contributed by atoms with Gasteiger partial charge < -0.3 is 10.5 Å². The lowest BCUT2D eigenvalue weighted by Crippen LogP contribution is -2.21. The number of likely N-dealkylation sites (tertiary alicyclic amines) is 1. The highest BCUT2D eigenvalue weighted by Gasteiger charge is 2.22. The molecule has 2 N–H and O–H groups in total. The van der Waals surface area contributed by atoms with E-state index < -0.39 is 0 Å². The van der Waals surface area contributed by atoms with E-state index in [0.717, 1.165) is 55.7 Å². The van der Waals surface area contributed by atoms with Crippen molar-refractivity contribution in [1.29, 1.82) is 0 Å². The van der Waals surface area contributed by atoms with Gasteiger partial charge in [0.05, 0.1) is 12.8 Å². The van der Waals surface area contributed by atoms with Crippen molar-refractivity contribution in [2.45, 2.75) is 26.3 Å². The summed E-state index contributed by atoms with van der Waals surface area (Å²) in [4.78, 5) is 7.03. The molecule has 1 unspecified atom stereocenters. The summed E-state index contributed by atoms with van der Waals surface area (Å²) in [5.41, 5.74) is 7.73. The summed E-state index contributed by atoms with van der Waals surface area (Å²) < 4.78 is 5.28. The third kappa shape index (κ3) is 3.43. The van der Waals surface area contributed by atoms with Gasteiger partial charge in [-0.3, -0.25) is 9.88 Å². The SMILES string of the molecule is COc1cc(C)nc(CN2CCC(CCN)C2)c1. The Morgan fingerprint density at radius 3 is 3.06 bits per heavy atom. The van der Waals surface area contributed by atoms with Gasteiger partial charge in [-0.1, -0.05) is 0 Å². The molecule has 100 valence electrons. The summed E-state index contributed by atoms with van der Waals surface area (Å²) in [6.45, 7) is 6.03. The summed E-state index contributed by atoms with van der Waals surface area (Å²) in [5, 5.41) is 0. The summed E-state index contributed by atoms with van der Waals surface area (Å²) in [6.07, 6.45) is 2.40. The Morgan fingerprint density at radius 2 is 2.33 bits per heavy atom. The van der Waals surface area contributed by atoms with E-state index in [0.29, 0.717) is 0 Å². The highest BCUT2D eigenvalue weighted by atomic mass is 16.5. The van der Waals surface area contributed by atoms with Gasteiger partial charge in [0, 0.05) is 30.9 Å². The molecule has 4 heteroatoms. The lowest BCUT2D eigenvalue weighted by atomic mass is 10.1. The van der Waals surface area contributed by atoms with Gasteiger partial charge in [-0.25, -0.2) is 0 Å². The van der Waals surface area contributed by atoms with Crippen LogP contribution >= 0.6 is 0 Å². The highest BCUT2D eigenvalue weighted by molar-refractivity contribution is 5.26. The van der Waals surface area contributed by atoms with Crippen LogP contribution in [0.4, 0.5) is 0 Å². The van der Waals surface area contributed by atoms with Crippen molar-refractivity contribution < 1.29 is 4.74 Å². The van der Waals surface area contributed by atoms with Crippen molar-refractivity contribution in [2.75, 3.05) is 26.7 Å². The summed E-state index contributed by atoms with van der Waals surface area (Å²) >= 11 is 0. The van der Waals surface area contributed by atoms with Gasteiger partial charge in [-0.15, -0.1) is 0 Å². The molecule has 2 heterocycles. The fourth-order valence-corrected chi connectivity index (χ4v) is 2.66. The number of aromatic nitrogens is 1. The van der Waals surface area contributed by atoms with Crippen LogP contribution in [0, 0.1) is 12.8 Å². The Labute approximate surface area is 109 Å². The second-order valence-electron chi connectivity index (χ2n) is 5.11. The predicted octanol–water partition coefficient (Wildman–Crippen LogP) is 1.57. The fraction of sp³-hybridized carbons (Fsp3) is 0.643. The Balaban J connectivity index is 1.95. The molecule has 1 aromatic rings. The summed E-state index contributed by atoms with van der Waals surface area (Å²) in [5.74, 6) is 1.66. The van der Waals surface area contributed by atoms with Gasteiger partial charge in [0.1, 0.15) is 5.75 Å². The van der Waals surface area contributed by atoms with Crippen LogP contribution in [0.1, 0.15) is 24.2 Å². The molecule has 4 nitrogen and oxygen atoms in total. The molecule has 0 aliphatic carbocycles. The number of aryl methyl sites for hydroxylation is 1. The molecule has 1 atom stereocenters. The molecule has 0 spiro atoms. The molecule has 0 amide bonds. The fourth-order valence-electron chi connectivity index (χ4n) is 2.66. The Hall–Kier alpha value is -1.13. The van der Waals surface area contributed by atoms with Crippen LogP contribution in [-0.4, -0.2) is 36.6 Å². The average Bonchev–Trinajstić information content (AvgIpc) is 2.76. The zero-order valence-corrected chi connectivity index (χ0v) is 11.4. The number of hydrogen-bond donors (Lipinski definition) is 1. The summed E-state index contributed by atoms with van der Waals surface area (Å²) in [7, 11) is 1.70. The molecular formula is C14H23N3O. The second kappa shape index (κ2) is 6.16. The Morgan fingerprint density at radius 1 is 1.50 bits per heavy atom. The molecule has 0 radical (unpaired) electrons. The maximum atomic E-state index is 5.62. The first-order chi connectivity index (χ1) is 8.71. The van der Waals surface area contributed by atoms with Crippen LogP contribution in [0.5, 0.6) is 5.75 Å². The van der Waals surface area contributed by atoms with Crippen LogP contribution in [0.25, 0.3) is 0 Å². The van der Waals surface area contributed by atoms with E-state index in [2.05, 4.69) is 9.88 Å². The van der Waals surface area contributed by atoms with Crippen molar-refractivity contribution in [3.05, 3.63) is 23.5 Å². The number of rotatable bonds is 5. The molecular weight excluding hydrogens is 226 g/mol. The number of hydrogen-bond acceptors (Lipinski definition) is 4. The first kappa shape index (κ1) is 13.3. The standard InChI is InChI=1S/C14H23N3O/c1-11-7-14(18-2)8-13(16-11)10-17-6-4-12(9-17)3-5-15/h7-8,12H,3-6,9-10,15H2,1-2H3. The molecule has 18 heavy (non-hydrogen) atoms. The van der Waals surface area contributed by atoms with Gasteiger partial charge in [0.15, 0.2) is 0 Å². The minimum Gasteiger partial charge on any atom is -0.497 e. The zero-order valence-electron chi connectivity index (χ0n) is 11.4. The molecule has 0 aromatic carbocycles. The van der Waals surface area contributed by atoms with Crippen molar-refractivity contribution in [3.63, 3.8) is 0 Å². The van der Waals surface area contributed by atoms with E-state index >= 15 is 0 Å². The van der Waals surface area contributed by atoms with Crippen molar-refractivity contribution >= 4 is 0 Å². The average molecular weight is 249 g/mol. The third-order valence-corrected chi connectivity index (χ3v) is 3.55. The minimum absolute atomic E-state index is 0.765. The van der Waals surface area contributed by atoms with Crippen LogP contribution in [0.15, 0.2) is 12.1 Å². The molecule has 0 bridgehead atoms. The van der Waals surface area contributed by atoms with Gasteiger partial charge in [0.25, 0.3) is 0 Å². The first-order valence-corrected chi connectivity index (χ1v) is 6.65. The third-order valence-electron chi connectivity index (χ3n) is 3.55. The smallest absolute Gasteiger partial charge is 0.122 e. The molecule has 0 saturated carbocycles. The number of ether oxygens (including phenoxy) is 1. The topological polar surface area (TPSA) is 51.4 Å². The molecule has 2 rings (SSSR count). The van der Waals surface area contributed by atoms with Gasteiger partial charge in [-0.05, 0) is 38.8 Å². The van der Waals surface area contributed by atoms with E-state index in [9.17, 15) is 0 Å². The predicted molar refractivity (Wildman–Crippen MR) is 72.6 cm³/mol. The van der Waals surface area contributed by atoms with Crippen LogP contribution in [0.2, 0.25) is 0 Å². The monoisotopic (exact) mass is 249 g/mol. The van der Waals surface area contributed by atoms with Crippen LogP contribution < -0.4 is 10.5 Å². The van der Waals surface area contributed by atoms with Crippen molar-refractivity contribution in [2.24, 2.45) is 11.7 Å². The largest absolute Gasteiger partial charge is 0.497 e. The quantitative estimate of drug-likeness (QED) is 0.860. The van der Waals surface area contributed by atoms with E-state index in [-0.39, 0.29) is 0 Å². The van der Waals surface area contributed by atoms with E-state index in [1.165, 1.54) is 6.42 Å². The number of methoxy groups -OCH3 is 1. The summed E-state index contributed by atoms with van der Waals surface area (Å²) in [6, 6.07) is 3.99. The number of pyridine rings is 1. The molecule has 1 fully saturated rings. The molecule has 1 aromatic heterocycles. The molecule has 1 aliphatic rings. The van der Waals surface area contributed by atoms with Crippen LogP contribution in [0.3, 0.4) is 0 Å². The van der Waals surface area contributed by atoms with Gasteiger partial charge in [0.2, 0.25) is 0 Å². The van der Waals surface area contributed by atoms with E-state index in [4.69, 9.17) is 10.5 Å². The Kier molecular flexibility index (Phi) is 4.55. The lowest BCUT2D eigenvalue weighted by molar-refractivity contribution is 0.309. The van der Waals surface area contributed by atoms with Crippen LogP contribution in [-0.2, 0) is 6.54 Å². The molecule has 1 saturated heterocycles. The minimum atomic E-state index is 0.765. The number of nitrogens with two attached hydrogens (primary N) is 1. The normalized spacial score (nSPS) is 20.3. The Bertz CT molecular complexity index is 395. The second-order valence-corrected chi connectivity index (χ2v) is 5.11. The maximum absolute atomic E-state index is 5.62. The van der Waals surface area contributed by atoms with Gasteiger partial charge >= 0.3 is 0 Å². The number of nitrogens with zero attached hydrogens (tertiary/aromatic N) is 2. The van der Waals surface area contributed by atoms with Crippen molar-refractivity contribution in [1.82, 2.24) is 9.88 Å².